The highest BCUT2D eigenvalue weighted by Crippen LogP contribution is 2.23. The molecule has 0 atom stereocenters. The van der Waals surface area contributed by atoms with Crippen molar-refractivity contribution in [1.29, 1.82) is 0 Å². The van der Waals surface area contributed by atoms with Gasteiger partial charge in [-0.25, -0.2) is 0 Å². The van der Waals surface area contributed by atoms with E-state index >= 15 is 0 Å². The number of hydrogen-bond acceptors (Lipinski definition) is 2. The highest BCUT2D eigenvalue weighted by Gasteiger charge is 2.16. The summed E-state index contributed by atoms with van der Waals surface area (Å²) in [4.78, 5) is 4.41. The van der Waals surface area contributed by atoms with Crippen LogP contribution < -0.4 is 5.73 Å². The fraction of sp³-hybridized carbons (Fsp3) is 0.400. The summed E-state index contributed by atoms with van der Waals surface area (Å²) in [6, 6.07) is 8.66. The van der Waals surface area contributed by atoms with Gasteiger partial charge in [-0.1, -0.05) is 19.9 Å². The number of aryl methyl sites for hydroxylation is 1. The van der Waals surface area contributed by atoms with Crippen LogP contribution in [-0.4, -0.2) is 11.5 Å². The van der Waals surface area contributed by atoms with E-state index in [1.54, 1.807) is 0 Å². The van der Waals surface area contributed by atoms with Crippen LogP contribution in [0.4, 0.5) is 0 Å². The molecule has 2 nitrogen and oxygen atoms in total. The molecule has 0 aliphatic rings. The molecule has 17 heavy (non-hydrogen) atoms. The molecule has 0 saturated heterocycles. The van der Waals surface area contributed by atoms with E-state index in [4.69, 9.17) is 5.73 Å². The van der Waals surface area contributed by atoms with Gasteiger partial charge in [-0.15, -0.1) is 0 Å². The van der Waals surface area contributed by atoms with Crippen LogP contribution in [0.2, 0.25) is 0 Å². The Hall–Kier alpha value is -1.41. The number of rotatable bonds is 3. The molecule has 2 aromatic rings. The van der Waals surface area contributed by atoms with Crippen LogP contribution in [0.15, 0.2) is 30.5 Å². The summed E-state index contributed by atoms with van der Waals surface area (Å²) in [5.74, 6) is 0. The molecule has 90 valence electrons. The fourth-order valence-electron chi connectivity index (χ4n) is 2.03. The first-order valence-electron chi connectivity index (χ1n) is 6.05. The maximum atomic E-state index is 5.78. The van der Waals surface area contributed by atoms with Gasteiger partial charge in [0, 0.05) is 11.6 Å². The minimum absolute atomic E-state index is 0.158. The first kappa shape index (κ1) is 12.1. The molecule has 0 saturated carbocycles. The quantitative estimate of drug-likeness (QED) is 0.876. The average molecular weight is 228 g/mol. The summed E-state index contributed by atoms with van der Waals surface area (Å²) in [5, 5.41) is 1.22. The molecule has 2 heteroatoms. The van der Waals surface area contributed by atoms with Gasteiger partial charge in [0.1, 0.15) is 0 Å². The van der Waals surface area contributed by atoms with Crippen LogP contribution in [0.3, 0.4) is 0 Å². The van der Waals surface area contributed by atoms with Crippen molar-refractivity contribution in [1.82, 2.24) is 4.98 Å². The Bertz CT molecular complexity index is 529. The van der Waals surface area contributed by atoms with Crippen LogP contribution in [0.1, 0.15) is 25.0 Å². The number of benzene rings is 1. The van der Waals surface area contributed by atoms with Gasteiger partial charge in [0.15, 0.2) is 0 Å². The van der Waals surface area contributed by atoms with Crippen molar-refractivity contribution in [3.63, 3.8) is 0 Å². The van der Waals surface area contributed by atoms with Crippen molar-refractivity contribution in [2.45, 2.75) is 27.2 Å². The van der Waals surface area contributed by atoms with Crippen LogP contribution in [0.25, 0.3) is 10.9 Å². The second-order valence-corrected chi connectivity index (χ2v) is 5.58. The Morgan fingerprint density at radius 1 is 1.24 bits per heavy atom. The Kier molecular flexibility index (Phi) is 3.16. The van der Waals surface area contributed by atoms with E-state index in [0.717, 1.165) is 11.9 Å². The lowest BCUT2D eigenvalue weighted by molar-refractivity contribution is 0.377. The molecule has 0 bridgehead atoms. The predicted molar refractivity (Wildman–Crippen MR) is 73.0 cm³/mol. The first-order chi connectivity index (χ1) is 8.00. The number of nitrogens with two attached hydrogens (primary N) is 1. The van der Waals surface area contributed by atoms with Crippen LogP contribution in [0.5, 0.6) is 0 Å². The fourth-order valence-corrected chi connectivity index (χ4v) is 2.03. The normalized spacial score (nSPS) is 12.0. The summed E-state index contributed by atoms with van der Waals surface area (Å²) >= 11 is 0. The Balaban J connectivity index is 2.37. The number of hydrogen-bond donors (Lipinski definition) is 1. The highest BCUT2D eigenvalue weighted by atomic mass is 14.6. The standard InChI is InChI=1S/C15H20N2/c1-11-6-13-7-12(8-15(2,3)10-16)4-5-14(13)17-9-11/h4-7,9H,8,10,16H2,1-3H3. The van der Waals surface area contributed by atoms with Crippen molar-refractivity contribution in [3.05, 3.63) is 41.6 Å². The number of fused-ring (bicyclic) bond motifs is 1. The van der Waals surface area contributed by atoms with E-state index in [0.29, 0.717) is 6.54 Å². The molecule has 0 aliphatic heterocycles. The topological polar surface area (TPSA) is 38.9 Å². The van der Waals surface area contributed by atoms with Crippen LogP contribution >= 0.6 is 0 Å². The molecule has 2 N–H and O–H groups in total. The lowest BCUT2D eigenvalue weighted by atomic mass is 9.85. The molecule has 1 heterocycles. The van der Waals surface area contributed by atoms with E-state index in [-0.39, 0.29) is 5.41 Å². The molecule has 0 aliphatic carbocycles. The van der Waals surface area contributed by atoms with Gasteiger partial charge in [0.2, 0.25) is 0 Å². The summed E-state index contributed by atoms with van der Waals surface area (Å²) in [7, 11) is 0. The SMILES string of the molecule is Cc1cnc2ccc(CC(C)(C)CN)cc2c1. The third-order valence-corrected chi connectivity index (χ3v) is 3.12. The third kappa shape index (κ3) is 2.83. The second kappa shape index (κ2) is 4.46. The smallest absolute Gasteiger partial charge is 0.0702 e. The van der Waals surface area contributed by atoms with E-state index in [1.807, 2.05) is 6.20 Å². The van der Waals surface area contributed by atoms with E-state index in [9.17, 15) is 0 Å². The maximum Gasteiger partial charge on any atom is 0.0702 e. The van der Waals surface area contributed by atoms with Crippen molar-refractivity contribution >= 4 is 10.9 Å². The van der Waals surface area contributed by atoms with Gasteiger partial charge in [0.25, 0.3) is 0 Å². The van der Waals surface area contributed by atoms with Crippen molar-refractivity contribution in [2.75, 3.05) is 6.54 Å². The van der Waals surface area contributed by atoms with Crippen LogP contribution in [-0.2, 0) is 6.42 Å². The Morgan fingerprint density at radius 2 is 2.00 bits per heavy atom. The van der Waals surface area contributed by atoms with Gasteiger partial charge < -0.3 is 5.73 Å². The largest absolute Gasteiger partial charge is 0.330 e. The van der Waals surface area contributed by atoms with E-state index in [2.05, 4.69) is 50.0 Å². The summed E-state index contributed by atoms with van der Waals surface area (Å²) < 4.78 is 0. The zero-order valence-electron chi connectivity index (χ0n) is 10.8. The van der Waals surface area contributed by atoms with Gasteiger partial charge in [-0.05, 0) is 54.6 Å². The number of nitrogens with zero attached hydrogens (tertiary/aromatic N) is 1. The highest BCUT2D eigenvalue weighted by molar-refractivity contribution is 5.79. The monoisotopic (exact) mass is 228 g/mol. The minimum Gasteiger partial charge on any atom is -0.330 e. The lowest BCUT2D eigenvalue weighted by Gasteiger charge is -2.22. The summed E-state index contributed by atoms with van der Waals surface area (Å²) in [5.41, 5.74) is 9.53. The Morgan fingerprint density at radius 3 is 2.71 bits per heavy atom. The molecule has 0 amide bonds. The molecule has 0 unspecified atom stereocenters. The second-order valence-electron chi connectivity index (χ2n) is 5.58. The number of pyridine rings is 1. The third-order valence-electron chi connectivity index (χ3n) is 3.12. The molecule has 0 spiro atoms. The zero-order valence-corrected chi connectivity index (χ0v) is 10.8. The predicted octanol–water partition coefficient (Wildman–Crippen LogP) is 3.07. The molecular formula is C15H20N2. The van der Waals surface area contributed by atoms with E-state index in [1.165, 1.54) is 16.5 Å². The zero-order chi connectivity index (χ0) is 12.5. The van der Waals surface area contributed by atoms with Gasteiger partial charge in [-0.3, -0.25) is 4.98 Å². The van der Waals surface area contributed by atoms with E-state index < -0.39 is 0 Å². The molecule has 1 aromatic carbocycles. The van der Waals surface area contributed by atoms with Gasteiger partial charge >= 0.3 is 0 Å². The minimum atomic E-state index is 0.158. The van der Waals surface area contributed by atoms with Crippen molar-refractivity contribution in [2.24, 2.45) is 11.1 Å². The molecule has 2 rings (SSSR count). The maximum absolute atomic E-state index is 5.78. The van der Waals surface area contributed by atoms with Gasteiger partial charge in [-0.2, -0.15) is 0 Å². The lowest BCUT2D eigenvalue weighted by Crippen LogP contribution is -2.25. The summed E-state index contributed by atoms with van der Waals surface area (Å²) in [6.07, 6.45) is 2.92. The molecule has 0 radical (unpaired) electrons. The van der Waals surface area contributed by atoms with Gasteiger partial charge in [0.05, 0.1) is 5.52 Å². The first-order valence-corrected chi connectivity index (χ1v) is 6.05. The number of aromatic nitrogens is 1. The van der Waals surface area contributed by atoms with Crippen molar-refractivity contribution in [3.8, 4) is 0 Å². The van der Waals surface area contributed by atoms with Crippen LogP contribution in [0, 0.1) is 12.3 Å². The summed E-state index contributed by atoms with van der Waals surface area (Å²) in [6.45, 7) is 7.18. The molecular weight excluding hydrogens is 208 g/mol. The molecule has 1 aromatic heterocycles. The Labute approximate surface area is 103 Å². The van der Waals surface area contributed by atoms with Crippen molar-refractivity contribution < 1.29 is 0 Å². The average Bonchev–Trinajstić information content (AvgIpc) is 2.28. The molecule has 0 fully saturated rings.